The maximum Gasteiger partial charge on any atom is 0.264 e. The zero-order chi connectivity index (χ0) is 11.5. The Kier molecular flexibility index (Phi) is 4.00. The number of rotatable bonds is 1. The lowest BCUT2D eigenvalue weighted by atomic mass is 9.99. The minimum absolute atomic E-state index is 0.0207. The molecule has 3 nitrogen and oxygen atoms in total. The molecule has 0 bridgehead atoms. The monoisotopic (exact) mass is 332 g/mol. The second-order valence-corrected chi connectivity index (χ2v) is 5.62. The first kappa shape index (κ1) is 12.1. The van der Waals surface area contributed by atoms with Crippen molar-refractivity contribution in [2.75, 3.05) is 0 Å². The Hall–Kier alpha value is -0.390. The van der Waals surface area contributed by atoms with Crippen LogP contribution >= 0.6 is 22.6 Å². The molecule has 4 heteroatoms. The second kappa shape index (κ2) is 5.29. The average molecular weight is 332 g/mol. The van der Waals surface area contributed by atoms with E-state index >= 15 is 0 Å². The predicted molar refractivity (Wildman–Crippen MR) is 72.8 cm³/mol. The number of hydrogen-bond donors (Lipinski definition) is 1. The molecule has 88 valence electrons. The van der Waals surface area contributed by atoms with E-state index < -0.39 is 0 Å². The van der Waals surface area contributed by atoms with Crippen LogP contribution in [0, 0.1) is 10.5 Å². The van der Waals surface area contributed by atoms with E-state index in [1.807, 2.05) is 6.92 Å². The van der Waals surface area contributed by atoms with Crippen LogP contribution in [0.15, 0.2) is 4.79 Å². The summed E-state index contributed by atoms with van der Waals surface area (Å²) < 4.78 is 0.718. The lowest BCUT2D eigenvalue weighted by molar-refractivity contribution is 0.556. The van der Waals surface area contributed by atoms with Gasteiger partial charge in [0.2, 0.25) is 0 Å². The van der Waals surface area contributed by atoms with Crippen LogP contribution in [0.1, 0.15) is 56.0 Å². The molecule has 0 atom stereocenters. The van der Waals surface area contributed by atoms with Crippen molar-refractivity contribution in [3.8, 4) is 0 Å². The highest BCUT2D eigenvalue weighted by atomic mass is 127. The highest BCUT2D eigenvalue weighted by Crippen LogP contribution is 2.29. The van der Waals surface area contributed by atoms with E-state index in [0.29, 0.717) is 5.92 Å². The average Bonchev–Trinajstić information content (AvgIpc) is 2.53. The lowest BCUT2D eigenvalue weighted by Gasteiger charge is -2.13. The van der Waals surface area contributed by atoms with E-state index in [-0.39, 0.29) is 5.56 Å². The van der Waals surface area contributed by atoms with Gasteiger partial charge in [-0.1, -0.05) is 25.7 Å². The first-order chi connectivity index (χ1) is 7.68. The summed E-state index contributed by atoms with van der Waals surface area (Å²) in [5.41, 5.74) is 0.885. The molecular weight excluding hydrogens is 315 g/mol. The Morgan fingerprint density at radius 2 is 1.88 bits per heavy atom. The molecule has 0 unspecified atom stereocenters. The Morgan fingerprint density at radius 3 is 2.44 bits per heavy atom. The summed E-state index contributed by atoms with van der Waals surface area (Å²) >= 11 is 2.06. The minimum atomic E-state index is 0.0207. The summed E-state index contributed by atoms with van der Waals surface area (Å²) in [6, 6.07) is 0. The third-order valence-corrected chi connectivity index (χ3v) is 4.56. The van der Waals surface area contributed by atoms with Crippen LogP contribution < -0.4 is 5.56 Å². The van der Waals surface area contributed by atoms with Crippen molar-refractivity contribution in [3.63, 3.8) is 0 Å². The molecule has 2 rings (SSSR count). The zero-order valence-electron chi connectivity index (χ0n) is 9.55. The van der Waals surface area contributed by atoms with Crippen LogP contribution in [-0.4, -0.2) is 9.97 Å². The van der Waals surface area contributed by atoms with E-state index in [1.165, 1.54) is 38.5 Å². The number of nitrogens with one attached hydrogen (secondary N) is 1. The van der Waals surface area contributed by atoms with E-state index in [4.69, 9.17) is 0 Å². The fraction of sp³-hybridized carbons (Fsp3) is 0.667. The standard InChI is InChI=1S/C12H17IN2O/c1-8-10(13)12(16)15-11(14-8)9-6-4-2-3-5-7-9/h9H,2-7H2,1H3,(H,14,15,16). The van der Waals surface area contributed by atoms with Gasteiger partial charge in [0.25, 0.3) is 5.56 Å². The lowest BCUT2D eigenvalue weighted by Crippen LogP contribution is -2.18. The van der Waals surface area contributed by atoms with Crippen LogP contribution in [0.5, 0.6) is 0 Å². The molecule has 0 radical (unpaired) electrons. The fourth-order valence-corrected chi connectivity index (χ4v) is 2.59. The van der Waals surface area contributed by atoms with Crippen LogP contribution in [0.2, 0.25) is 0 Å². The second-order valence-electron chi connectivity index (χ2n) is 4.54. The van der Waals surface area contributed by atoms with E-state index in [1.54, 1.807) is 0 Å². The first-order valence-corrected chi connectivity index (χ1v) is 7.02. The highest BCUT2D eigenvalue weighted by Gasteiger charge is 2.17. The van der Waals surface area contributed by atoms with Gasteiger partial charge in [-0.3, -0.25) is 4.79 Å². The van der Waals surface area contributed by atoms with Crippen molar-refractivity contribution < 1.29 is 0 Å². The van der Waals surface area contributed by atoms with Gasteiger partial charge in [-0.05, 0) is 42.4 Å². The van der Waals surface area contributed by atoms with Crippen molar-refractivity contribution in [1.82, 2.24) is 9.97 Å². The van der Waals surface area contributed by atoms with Gasteiger partial charge in [-0.15, -0.1) is 0 Å². The third-order valence-electron chi connectivity index (χ3n) is 3.29. The number of hydrogen-bond acceptors (Lipinski definition) is 2. The Bertz CT molecular complexity index is 420. The summed E-state index contributed by atoms with van der Waals surface area (Å²) in [5.74, 6) is 1.37. The molecule has 0 amide bonds. The van der Waals surface area contributed by atoms with Gasteiger partial charge in [0.15, 0.2) is 0 Å². The number of aromatic amines is 1. The summed E-state index contributed by atoms with van der Waals surface area (Å²) in [6.45, 7) is 1.91. The van der Waals surface area contributed by atoms with Gasteiger partial charge in [-0.2, -0.15) is 0 Å². The van der Waals surface area contributed by atoms with Crippen molar-refractivity contribution in [3.05, 3.63) is 25.4 Å². The quantitative estimate of drug-likeness (QED) is 0.634. The molecule has 1 N–H and O–H groups in total. The van der Waals surface area contributed by atoms with Gasteiger partial charge < -0.3 is 4.98 Å². The molecular formula is C12H17IN2O. The molecule has 1 heterocycles. The molecule has 0 aromatic carbocycles. The molecule has 0 aliphatic heterocycles. The van der Waals surface area contributed by atoms with E-state index in [2.05, 4.69) is 32.6 Å². The van der Waals surface area contributed by atoms with Crippen molar-refractivity contribution >= 4 is 22.6 Å². The van der Waals surface area contributed by atoms with Crippen molar-refractivity contribution in [1.29, 1.82) is 0 Å². The molecule has 1 aromatic rings. The van der Waals surface area contributed by atoms with Gasteiger partial charge >= 0.3 is 0 Å². The number of aryl methyl sites for hydroxylation is 1. The fourth-order valence-electron chi connectivity index (χ4n) is 2.34. The van der Waals surface area contributed by atoms with Crippen molar-refractivity contribution in [2.24, 2.45) is 0 Å². The SMILES string of the molecule is Cc1nc(C2CCCCCC2)[nH]c(=O)c1I. The summed E-state index contributed by atoms with van der Waals surface area (Å²) in [7, 11) is 0. The molecule has 0 spiro atoms. The molecule has 16 heavy (non-hydrogen) atoms. The number of nitrogens with zero attached hydrogens (tertiary/aromatic N) is 1. The normalized spacial score (nSPS) is 18.4. The molecule has 1 fully saturated rings. The summed E-state index contributed by atoms with van der Waals surface area (Å²) in [4.78, 5) is 19.2. The van der Waals surface area contributed by atoms with E-state index in [9.17, 15) is 4.79 Å². The topological polar surface area (TPSA) is 45.8 Å². The molecule has 1 aromatic heterocycles. The summed E-state index contributed by atoms with van der Waals surface area (Å²) in [6.07, 6.45) is 7.51. The summed E-state index contributed by atoms with van der Waals surface area (Å²) in [5, 5.41) is 0. The molecule has 1 saturated carbocycles. The number of aromatic nitrogens is 2. The molecule has 1 aliphatic rings. The molecule has 0 saturated heterocycles. The van der Waals surface area contributed by atoms with Gasteiger partial charge in [0.05, 0.1) is 9.26 Å². The number of halogens is 1. The largest absolute Gasteiger partial charge is 0.309 e. The van der Waals surface area contributed by atoms with Gasteiger partial charge in [0, 0.05) is 5.92 Å². The third kappa shape index (κ3) is 2.64. The van der Waals surface area contributed by atoms with Crippen LogP contribution in [0.3, 0.4) is 0 Å². The Morgan fingerprint density at radius 1 is 1.25 bits per heavy atom. The van der Waals surface area contributed by atoms with Crippen LogP contribution in [0.25, 0.3) is 0 Å². The maximum absolute atomic E-state index is 11.7. The highest BCUT2D eigenvalue weighted by molar-refractivity contribution is 14.1. The smallest absolute Gasteiger partial charge is 0.264 e. The molecule has 1 aliphatic carbocycles. The van der Waals surface area contributed by atoms with Crippen LogP contribution in [-0.2, 0) is 0 Å². The van der Waals surface area contributed by atoms with Gasteiger partial charge in [-0.25, -0.2) is 4.98 Å². The van der Waals surface area contributed by atoms with Crippen LogP contribution in [0.4, 0.5) is 0 Å². The first-order valence-electron chi connectivity index (χ1n) is 5.95. The zero-order valence-corrected chi connectivity index (χ0v) is 11.7. The van der Waals surface area contributed by atoms with Crippen molar-refractivity contribution in [2.45, 2.75) is 51.4 Å². The van der Waals surface area contributed by atoms with E-state index in [0.717, 1.165) is 15.1 Å². The van der Waals surface area contributed by atoms with Gasteiger partial charge in [0.1, 0.15) is 5.82 Å². The maximum atomic E-state index is 11.7. The Balaban J connectivity index is 2.28. The minimum Gasteiger partial charge on any atom is -0.309 e. The Labute approximate surface area is 109 Å². The number of H-pyrrole nitrogens is 1. The predicted octanol–water partition coefficient (Wildman–Crippen LogP) is 3.12.